The Balaban J connectivity index is 1.75. The van der Waals surface area contributed by atoms with Gasteiger partial charge >= 0.3 is 6.09 Å². The SMILES string of the molecule is CCCCOC(=O)NC1CCN(C(=O)COc2c(C)ccc(C)c2C)CC1. The molecule has 1 heterocycles. The number of hydrogen-bond acceptors (Lipinski definition) is 4. The summed E-state index contributed by atoms with van der Waals surface area (Å²) < 4.78 is 11.0. The van der Waals surface area contributed by atoms with Crippen LogP contribution in [0.2, 0.25) is 0 Å². The first-order chi connectivity index (χ1) is 12.9. The molecule has 1 saturated heterocycles. The van der Waals surface area contributed by atoms with E-state index in [1.165, 1.54) is 0 Å². The average Bonchev–Trinajstić information content (AvgIpc) is 2.65. The molecule has 1 aromatic carbocycles. The third-order valence-corrected chi connectivity index (χ3v) is 5.11. The monoisotopic (exact) mass is 376 g/mol. The number of aryl methyl sites for hydroxylation is 2. The van der Waals surface area contributed by atoms with Gasteiger partial charge in [0, 0.05) is 19.1 Å². The molecule has 1 fully saturated rings. The Morgan fingerprint density at radius 3 is 2.48 bits per heavy atom. The summed E-state index contributed by atoms with van der Waals surface area (Å²) in [6, 6.07) is 4.13. The molecule has 1 aliphatic heterocycles. The number of rotatable bonds is 7. The summed E-state index contributed by atoms with van der Waals surface area (Å²) in [6.07, 6.45) is 2.98. The van der Waals surface area contributed by atoms with Crippen molar-refractivity contribution in [3.63, 3.8) is 0 Å². The molecule has 1 N–H and O–H groups in total. The maximum atomic E-state index is 12.5. The lowest BCUT2D eigenvalue weighted by Crippen LogP contribution is -2.47. The second-order valence-electron chi connectivity index (χ2n) is 7.23. The summed E-state index contributed by atoms with van der Waals surface area (Å²) in [6.45, 7) is 9.83. The van der Waals surface area contributed by atoms with Crippen LogP contribution in [0.15, 0.2) is 12.1 Å². The summed E-state index contributed by atoms with van der Waals surface area (Å²) in [5, 5.41) is 2.89. The van der Waals surface area contributed by atoms with E-state index in [-0.39, 0.29) is 24.6 Å². The van der Waals surface area contributed by atoms with Crippen LogP contribution in [-0.2, 0) is 9.53 Å². The zero-order chi connectivity index (χ0) is 19.8. The molecule has 0 radical (unpaired) electrons. The van der Waals surface area contributed by atoms with E-state index in [2.05, 4.69) is 18.3 Å². The van der Waals surface area contributed by atoms with Gasteiger partial charge in [0.1, 0.15) is 5.75 Å². The Bertz CT molecular complexity index is 652. The Kier molecular flexibility index (Phi) is 7.95. The molecular weight excluding hydrogens is 344 g/mol. The lowest BCUT2D eigenvalue weighted by Gasteiger charge is -2.32. The molecule has 150 valence electrons. The number of benzene rings is 1. The lowest BCUT2D eigenvalue weighted by atomic mass is 10.0. The van der Waals surface area contributed by atoms with Gasteiger partial charge in [-0.05, 0) is 56.7 Å². The second-order valence-corrected chi connectivity index (χ2v) is 7.23. The van der Waals surface area contributed by atoms with Crippen LogP contribution in [-0.4, -0.2) is 49.2 Å². The van der Waals surface area contributed by atoms with E-state index < -0.39 is 0 Å². The van der Waals surface area contributed by atoms with Gasteiger partial charge < -0.3 is 19.7 Å². The van der Waals surface area contributed by atoms with E-state index in [4.69, 9.17) is 9.47 Å². The van der Waals surface area contributed by atoms with Gasteiger partial charge in [0.25, 0.3) is 5.91 Å². The van der Waals surface area contributed by atoms with Crippen LogP contribution in [0.1, 0.15) is 49.3 Å². The van der Waals surface area contributed by atoms with Crippen molar-refractivity contribution in [1.29, 1.82) is 0 Å². The van der Waals surface area contributed by atoms with Crippen molar-refractivity contribution in [3.05, 3.63) is 28.8 Å². The number of hydrogen-bond donors (Lipinski definition) is 1. The first kappa shape index (κ1) is 21.1. The molecule has 2 rings (SSSR count). The maximum Gasteiger partial charge on any atom is 0.407 e. The van der Waals surface area contributed by atoms with Gasteiger partial charge in [-0.2, -0.15) is 0 Å². The highest BCUT2D eigenvalue weighted by Crippen LogP contribution is 2.25. The van der Waals surface area contributed by atoms with Crippen LogP contribution in [0.4, 0.5) is 4.79 Å². The van der Waals surface area contributed by atoms with Crippen LogP contribution < -0.4 is 10.1 Å². The number of carbonyl (C=O) groups excluding carboxylic acids is 2. The Morgan fingerprint density at radius 1 is 1.15 bits per heavy atom. The largest absolute Gasteiger partial charge is 0.483 e. The average molecular weight is 376 g/mol. The van der Waals surface area contributed by atoms with E-state index in [0.29, 0.717) is 19.7 Å². The molecule has 0 atom stereocenters. The van der Waals surface area contributed by atoms with Gasteiger partial charge in [-0.1, -0.05) is 25.5 Å². The normalized spacial score (nSPS) is 14.7. The molecule has 0 spiro atoms. The van der Waals surface area contributed by atoms with Gasteiger partial charge in [-0.25, -0.2) is 4.79 Å². The molecule has 0 aromatic heterocycles. The van der Waals surface area contributed by atoms with Gasteiger partial charge in [-0.15, -0.1) is 0 Å². The van der Waals surface area contributed by atoms with E-state index in [0.717, 1.165) is 48.1 Å². The molecule has 6 nitrogen and oxygen atoms in total. The zero-order valence-electron chi connectivity index (χ0n) is 17.0. The number of amides is 2. The molecule has 1 aliphatic rings. The van der Waals surface area contributed by atoms with Gasteiger partial charge in [0.2, 0.25) is 0 Å². The van der Waals surface area contributed by atoms with E-state index in [9.17, 15) is 9.59 Å². The number of nitrogens with zero attached hydrogens (tertiary/aromatic N) is 1. The van der Waals surface area contributed by atoms with E-state index in [1.807, 2.05) is 26.8 Å². The summed E-state index contributed by atoms with van der Waals surface area (Å²) in [7, 11) is 0. The van der Waals surface area contributed by atoms with Crippen LogP contribution in [0.25, 0.3) is 0 Å². The van der Waals surface area contributed by atoms with Crippen molar-refractivity contribution in [1.82, 2.24) is 10.2 Å². The number of alkyl carbamates (subject to hydrolysis) is 1. The Labute approximate surface area is 162 Å². The summed E-state index contributed by atoms with van der Waals surface area (Å²) in [5.41, 5.74) is 3.27. The van der Waals surface area contributed by atoms with Crippen LogP contribution in [0, 0.1) is 20.8 Å². The van der Waals surface area contributed by atoms with E-state index >= 15 is 0 Å². The Morgan fingerprint density at radius 2 is 1.81 bits per heavy atom. The maximum absolute atomic E-state index is 12.5. The third kappa shape index (κ3) is 6.15. The smallest absolute Gasteiger partial charge is 0.407 e. The highest BCUT2D eigenvalue weighted by molar-refractivity contribution is 5.78. The fourth-order valence-electron chi connectivity index (χ4n) is 3.16. The van der Waals surface area contributed by atoms with Crippen LogP contribution in [0.5, 0.6) is 5.75 Å². The molecular formula is C21H32N2O4. The molecule has 0 bridgehead atoms. The standard InChI is InChI=1S/C21H32N2O4/c1-5-6-13-26-21(25)22-18-9-11-23(12-10-18)19(24)14-27-20-16(3)8-7-15(2)17(20)4/h7-8,18H,5-6,9-14H2,1-4H3,(H,22,25). The van der Waals surface area contributed by atoms with Crippen molar-refractivity contribution in [2.45, 2.75) is 59.4 Å². The summed E-state index contributed by atoms with van der Waals surface area (Å²) >= 11 is 0. The molecule has 0 unspecified atom stereocenters. The quantitative estimate of drug-likeness (QED) is 0.740. The van der Waals surface area contributed by atoms with Crippen molar-refractivity contribution < 1.29 is 19.1 Å². The van der Waals surface area contributed by atoms with Crippen LogP contribution in [0.3, 0.4) is 0 Å². The fourth-order valence-corrected chi connectivity index (χ4v) is 3.16. The predicted octanol–water partition coefficient (Wildman–Crippen LogP) is 3.51. The topological polar surface area (TPSA) is 67.9 Å². The van der Waals surface area contributed by atoms with Gasteiger partial charge in [-0.3, -0.25) is 4.79 Å². The van der Waals surface area contributed by atoms with E-state index in [1.54, 1.807) is 4.90 Å². The van der Waals surface area contributed by atoms with Crippen LogP contribution >= 0.6 is 0 Å². The zero-order valence-corrected chi connectivity index (χ0v) is 17.0. The molecule has 27 heavy (non-hydrogen) atoms. The highest BCUT2D eigenvalue weighted by Gasteiger charge is 2.24. The minimum atomic E-state index is -0.359. The number of nitrogens with one attached hydrogen (secondary N) is 1. The van der Waals surface area contributed by atoms with Crippen molar-refractivity contribution >= 4 is 12.0 Å². The summed E-state index contributed by atoms with van der Waals surface area (Å²) in [4.78, 5) is 26.0. The highest BCUT2D eigenvalue weighted by atomic mass is 16.5. The minimum absolute atomic E-state index is 0.0146. The summed E-state index contributed by atoms with van der Waals surface area (Å²) in [5.74, 6) is 0.786. The molecule has 6 heteroatoms. The number of likely N-dealkylation sites (tertiary alicyclic amines) is 1. The van der Waals surface area contributed by atoms with Crippen molar-refractivity contribution in [3.8, 4) is 5.75 Å². The van der Waals surface area contributed by atoms with Crippen molar-refractivity contribution in [2.24, 2.45) is 0 Å². The number of carbonyl (C=O) groups is 2. The number of piperidine rings is 1. The molecule has 0 saturated carbocycles. The van der Waals surface area contributed by atoms with Crippen molar-refractivity contribution in [2.75, 3.05) is 26.3 Å². The third-order valence-electron chi connectivity index (χ3n) is 5.11. The molecule has 1 aromatic rings. The van der Waals surface area contributed by atoms with Gasteiger partial charge in [0.05, 0.1) is 6.61 Å². The lowest BCUT2D eigenvalue weighted by molar-refractivity contribution is -0.134. The number of unbranched alkanes of at least 4 members (excludes halogenated alkanes) is 1. The first-order valence-electron chi connectivity index (χ1n) is 9.83. The fraction of sp³-hybridized carbons (Fsp3) is 0.619. The molecule has 2 amide bonds. The predicted molar refractivity (Wildman–Crippen MR) is 105 cm³/mol. The first-order valence-corrected chi connectivity index (χ1v) is 9.83. The number of ether oxygens (including phenoxy) is 2. The van der Waals surface area contributed by atoms with Gasteiger partial charge in [0.15, 0.2) is 6.61 Å². The minimum Gasteiger partial charge on any atom is -0.483 e. The Hall–Kier alpha value is -2.24. The molecule has 0 aliphatic carbocycles. The second kappa shape index (κ2) is 10.2.